The zero-order chi connectivity index (χ0) is 12.8. The molecule has 0 bridgehead atoms. The number of hydrogen-bond acceptors (Lipinski definition) is 3. The van der Waals surface area contributed by atoms with Gasteiger partial charge in [-0.25, -0.2) is 0 Å². The highest BCUT2D eigenvalue weighted by atomic mass is 32.2. The van der Waals surface area contributed by atoms with Crippen LogP contribution in [0.3, 0.4) is 0 Å². The van der Waals surface area contributed by atoms with Gasteiger partial charge in [0, 0.05) is 23.8 Å². The number of carbonyl (C=O) groups is 1. The van der Waals surface area contributed by atoms with Crippen LogP contribution in [-0.4, -0.2) is 17.1 Å². The molecule has 2 rings (SSSR count). The second kappa shape index (κ2) is 6.21. The Labute approximate surface area is 111 Å². The van der Waals surface area contributed by atoms with Crippen LogP contribution >= 0.6 is 11.8 Å². The summed E-state index contributed by atoms with van der Waals surface area (Å²) in [6.07, 6.45) is 5.25. The van der Waals surface area contributed by atoms with Crippen molar-refractivity contribution in [1.82, 2.24) is 10.3 Å². The summed E-state index contributed by atoms with van der Waals surface area (Å²) in [5.74, 6) is -0.0981. The van der Waals surface area contributed by atoms with Gasteiger partial charge in [0.25, 0.3) is 5.91 Å². The van der Waals surface area contributed by atoms with E-state index in [1.54, 1.807) is 36.3 Å². The zero-order valence-electron chi connectivity index (χ0n) is 10.1. The Kier molecular flexibility index (Phi) is 4.36. The van der Waals surface area contributed by atoms with E-state index in [2.05, 4.69) is 16.4 Å². The van der Waals surface area contributed by atoms with Crippen LogP contribution < -0.4 is 5.32 Å². The summed E-state index contributed by atoms with van der Waals surface area (Å²) in [5, 5.41) is 2.90. The molecule has 1 aromatic carbocycles. The first-order valence-electron chi connectivity index (χ1n) is 5.61. The van der Waals surface area contributed by atoms with E-state index in [1.165, 1.54) is 4.90 Å². The first-order valence-corrected chi connectivity index (χ1v) is 6.84. The lowest BCUT2D eigenvalue weighted by atomic mass is 10.2. The van der Waals surface area contributed by atoms with Gasteiger partial charge in [-0.3, -0.25) is 9.78 Å². The molecule has 0 saturated heterocycles. The molecule has 0 aliphatic rings. The molecule has 1 amide bonds. The van der Waals surface area contributed by atoms with Crippen molar-refractivity contribution in [3.05, 3.63) is 59.9 Å². The van der Waals surface area contributed by atoms with Crippen LogP contribution in [0.1, 0.15) is 15.9 Å². The van der Waals surface area contributed by atoms with E-state index in [9.17, 15) is 4.79 Å². The predicted octanol–water partition coefficient (Wildman–Crippen LogP) is 2.73. The van der Waals surface area contributed by atoms with Gasteiger partial charge in [-0.05, 0) is 30.0 Å². The van der Waals surface area contributed by atoms with Crippen LogP contribution in [-0.2, 0) is 6.54 Å². The lowest BCUT2D eigenvalue weighted by Crippen LogP contribution is -2.23. The standard InChI is InChI=1S/C14H14N2OS/c1-18-13-7-3-2-5-11(13)10-16-14(17)12-6-4-8-15-9-12/h2-9H,10H2,1H3,(H,16,17). The summed E-state index contributed by atoms with van der Waals surface area (Å²) < 4.78 is 0. The van der Waals surface area contributed by atoms with Crippen molar-refractivity contribution in [3.8, 4) is 0 Å². The normalized spacial score (nSPS) is 10.1. The molecule has 0 fully saturated rings. The highest BCUT2D eigenvalue weighted by Gasteiger charge is 2.06. The van der Waals surface area contributed by atoms with Gasteiger partial charge in [0.2, 0.25) is 0 Å². The largest absolute Gasteiger partial charge is 0.348 e. The van der Waals surface area contributed by atoms with Gasteiger partial charge < -0.3 is 5.32 Å². The predicted molar refractivity (Wildman–Crippen MR) is 73.6 cm³/mol. The summed E-state index contributed by atoms with van der Waals surface area (Å²) in [5.41, 5.74) is 1.71. The van der Waals surface area contributed by atoms with E-state index >= 15 is 0 Å². The smallest absolute Gasteiger partial charge is 0.253 e. The second-order valence-corrected chi connectivity index (χ2v) is 4.58. The lowest BCUT2D eigenvalue weighted by molar-refractivity contribution is 0.0950. The number of aromatic nitrogens is 1. The summed E-state index contributed by atoms with van der Waals surface area (Å²) >= 11 is 1.68. The molecule has 0 aliphatic heterocycles. The number of nitrogens with zero attached hydrogens (tertiary/aromatic N) is 1. The molecule has 18 heavy (non-hydrogen) atoms. The minimum Gasteiger partial charge on any atom is -0.348 e. The Morgan fingerprint density at radius 2 is 2.11 bits per heavy atom. The maximum Gasteiger partial charge on any atom is 0.253 e. The fourth-order valence-corrected chi connectivity index (χ4v) is 2.24. The topological polar surface area (TPSA) is 42.0 Å². The van der Waals surface area contributed by atoms with E-state index < -0.39 is 0 Å². The van der Waals surface area contributed by atoms with Crippen molar-refractivity contribution in [1.29, 1.82) is 0 Å². The number of amides is 1. The third-order valence-electron chi connectivity index (χ3n) is 2.56. The van der Waals surface area contributed by atoms with Gasteiger partial charge in [0.05, 0.1) is 5.56 Å². The molecule has 0 saturated carbocycles. The number of pyridine rings is 1. The summed E-state index contributed by atoms with van der Waals surface area (Å²) in [4.78, 5) is 17.0. The number of carbonyl (C=O) groups excluding carboxylic acids is 1. The van der Waals surface area contributed by atoms with Crippen molar-refractivity contribution in [2.45, 2.75) is 11.4 Å². The van der Waals surface area contributed by atoms with Crippen LogP contribution in [0.2, 0.25) is 0 Å². The third kappa shape index (κ3) is 3.11. The summed E-state index contributed by atoms with van der Waals surface area (Å²) in [7, 11) is 0. The van der Waals surface area contributed by atoms with E-state index in [0.29, 0.717) is 12.1 Å². The lowest BCUT2D eigenvalue weighted by Gasteiger charge is -2.08. The molecule has 1 N–H and O–H groups in total. The van der Waals surface area contributed by atoms with Crippen LogP contribution in [0.5, 0.6) is 0 Å². The van der Waals surface area contributed by atoms with Crippen molar-refractivity contribution < 1.29 is 4.79 Å². The molecule has 0 atom stereocenters. The van der Waals surface area contributed by atoms with Crippen molar-refractivity contribution in [3.63, 3.8) is 0 Å². The molecule has 1 heterocycles. The van der Waals surface area contributed by atoms with Crippen molar-refractivity contribution >= 4 is 17.7 Å². The van der Waals surface area contributed by atoms with Crippen LogP contribution in [0.25, 0.3) is 0 Å². The SMILES string of the molecule is CSc1ccccc1CNC(=O)c1cccnc1. The zero-order valence-corrected chi connectivity index (χ0v) is 10.9. The number of benzene rings is 1. The molecule has 92 valence electrons. The van der Waals surface area contributed by atoms with E-state index in [4.69, 9.17) is 0 Å². The minimum absolute atomic E-state index is 0.0981. The maximum absolute atomic E-state index is 11.9. The second-order valence-electron chi connectivity index (χ2n) is 3.74. The highest BCUT2D eigenvalue weighted by Crippen LogP contribution is 2.19. The van der Waals surface area contributed by atoms with Crippen molar-refractivity contribution in [2.75, 3.05) is 6.26 Å². The van der Waals surface area contributed by atoms with E-state index in [1.807, 2.05) is 24.5 Å². The van der Waals surface area contributed by atoms with Gasteiger partial charge in [-0.1, -0.05) is 18.2 Å². The van der Waals surface area contributed by atoms with Crippen molar-refractivity contribution in [2.24, 2.45) is 0 Å². The molecule has 0 aliphatic carbocycles. The molecule has 4 heteroatoms. The highest BCUT2D eigenvalue weighted by molar-refractivity contribution is 7.98. The number of thioether (sulfide) groups is 1. The molecule has 1 aromatic heterocycles. The average Bonchev–Trinajstić information content (AvgIpc) is 2.46. The first kappa shape index (κ1) is 12.6. The molecule has 0 spiro atoms. The monoisotopic (exact) mass is 258 g/mol. The fraction of sp³-hybridized carbons (Fsp3) is 0.143. The quantitative estimate of drug-likeness (QED) is 0.857. The average molecular weight is 258 g/mol. The minimum atomic E-state index is -0.0981. The Morgan fingerprint density at radius 1 is 1.28 bits per heavy atom. The fourth-order valence-electron chi connectivity index (χ4n) is 1.62. The number of nitrogens with one attached hydrogen (secondary N) is 1. The molecule has 0 radical (unpaired) electrons. The maximum atomic E-state index is 11.9. The molecule has 3 nitrogen and oxygen atoms in total. The van der Waals surface area contributed by atoms with Gasteiger partial charge >= 0.3 is 0 Å². The van der Waals surface area contributed by atoms with Crippen LogP contribution in [0, 0.1) is 0 Å². The van der Waals surface area contributed by atoms with Gasteiger partial charge in [0.1, 0.15) is 0 Å². The number of rotatable bonds is 4. The van der Waals surface area contributed by atoms with Crippen LogP contribution in [0.4, 0.5) is 0 Å². The Hall–Kier alpha value is -1.81. The molecular weight excluding hydrogens is 244 g/mol. The van der Waals surface area contributed by atoms with Crippen LogP contribution in [0.15, 0.2) is 53.7 Å². The number of hydrogen-bond donors (Lipinski definition) is 1. The molecule has 2 aromatic rings. The first-order chi connectivity index (χ1) is 8.81. The van der Waals surface area contributed by atoms with E-state index in [-0.39, 0.29) is 5.91 Å². The Balaban J connectivity index is 2.02. The van der Waals surface area contributed by atoms with Gasteiger partial charge in [0.15, 0.2) is 0 Å². The van der Waals surface area contributed by atoms with Gasteiger partial charge in [-0.2, -0.15) is 0 Å². The third-order valence-corrected chi connectivity index (χ3v) is 3.39. The molecular formula is C14H14N2OS. The van der Waals surface area contributed by atoms with E-state index in [0.717, 1.165) is 5.56 Å². The molecule has 0 unspecified atom stereocenters. The van der Waals surface area contributed by atoms with Gasteiger partial charge in [-0.15, -0.1) is 11.8 Å². The summed E-state index contributed by atoms with van der Waals surface area (Å²) in [6.45, 7) is 0.532. The summed E-state index contributed by atoms with van der Waals surface area (Å²) in [6, 6.07) is 11.6. The Bertz CT molecular complexity index is 528. The Morgan fingerprint density at radius 3 is 2.83 bits per heavy atom.